The number of carbonyl (C=O) groups is 1. The Bertz CT molecular complexity index is 904. The third-order valence-corrected chi connectivity index (χ3v) is 4.47. The molecular formula is C19H18FN5O. The van der Waals surface area contributed by atoms with Crippen LogP contribution in [0.4, 0.5) is 10.2 Å². The van der Waals surface area contributed by atoms with Crippen molar-refractivity contribution in [2.45, 2.75) is 0 Å². The van der Waals surface area contributed by atoms with Crippen molar-refractivity contribution in [3.05, 3.63) is 72.6 Å². The number of amides is 1. The average Bonchev–Trinajstić information content (AvgIpc) is 3.23. The van der Waals surface area contributed by atoms with Crippen LogP contribution in [0, 0.1) is 5.82 Å². The van der Waals surface area contributed by atoms with Crippen molar-refractivity contribution in [2.75, 3.05) is 31.1 Å². The molecule has 1 aliphatic rings. The van der Waals surface area contributed by atoms with E-state index in [4.69, 9.17) is 0 Å². The molecule has 1 saturated heterocycles. The second kappa shape index (κ2) is 6.95. The molecule has 6 nitrogen and oxygen atoms in total. The average molecular weight is 351 g/mol. The van der Waals surface area contributed by atoms with Gasteiger partial charge >= 0.3 is 0 Å². The van der Waals surface area contributed by atoms with Gasteiger partial charge in [0.1, 0.15) is 23.8 Å². The van der Waals surface area contributed by atoms with Crippen molar-refractivity contribution >= 4 is 11.7 Å². The van der Waals surface area contributed by atoms with Gasteiger partial charge in [-0.2, -0.15) is 0 Å². The van der Waals surface area contributed by atoms with Crippen molar-refractivity contribution in [3.63, 3.8) is 0 Å². The SMILES string of the molecule is O=C(c1cccc(F)c1)N1CCN(c2cc(-n3cccc3)ncn2)CC1. The molecular weight excluding hydrogens is 333 g/mol. The number of hydrogen-bond donors (Lipinski definition) is 0. The standard InChI is InChI=1S/C19H18FN5O/c20-16-5-3-4-15(12-16)19(26)25-10-8-24(9-11-25)18-13-17(21-14-22-18)23-6-1-2-7-23/h1-7,12-14H,8-11H2. The van der Waals surface area contributed by atoms with Gasteiger partial charge in [-0.05, 0) is 30.3 Å². The van der Waals surface area contributed by atoms with Gasteiger partial charge in [0, 0.05) is 50.2 Å². The van der Waals surface area contributed by atoms with E-state index in [9.17, 15) is 9.18 Å². The Kier molecular flexibility index (Phi) is 4.35. The number of aromatic nitrogens is 3. The van der Waals surface area contributed by atoms with Crippen molar-refractivity contribution in [1.82, 2.24) is 19.4 Å². The monoisotopic (exact) mass is 351 g/mol. The summed E-state index contributed by atoms with van der Waals surface area (Å²) in [4.78, 5) is 25.0. The molecule has 2 aromatic heterocycles. The highest BCUT2D eigenvalue weighted by Crippen LogP contribution is 2.17. The fourth-order valence-corrected chi connectivity index (χ4v) is 3.08. The molecule has 0 spiro atoms. The van der Waals surface area contributed by atoms with E-state index in [-0.39, 0.29) is 5.91 Å². The number of carbonyl (C=O) groups excluding carboxylic acids is 1. The van der Waals surface area contributed by atoms with Gasteiger partial charge in [0.15, 0.2) is 0 Å². The number of piperazine rings is 1. The molecule has 0 aliphatic carbocycles. The predicted octanol–water partition coefficient (Wildman–Crippen LogP) is 2.37. The second-order valence-corrected chi connectivity index (χ2v) is 6.11. The van der Waals surface area contributed by atoms with Crippen LogP contribution < -0.4 is 4.90 Å². The Morgan fingerprint density at radius 1 is 0.923 bits per heavy atom. The van der Waals surface area contributed by atoms with Crippen LogP contribution in [0.2, 0.25) is 0 Å². The Morgan fingerprint density at radius 3 is 2.38 bits per heavy atom. The van der Waals surface area contributed by atoms with Crippen LogP contribution in [-0.4, -0.2) is 51.5 Å². The van der Waals surface area contributed by atoms with Gasteiger partial charge in [0.05, 0.1) is 0 Å². The van der Waals surface area contributed by atoms with E-state index in [1.54, 1.807) is 23.4 Å². The number of benzene rings is 1. The van der Waals surface area contributed by atoms with Crippen molar-refractivity contribution in [3.8, 4) is 5.82 Å². The molecule has 0 bridgehead atoms. The fraction of sp³-hybridized carbons (Fsp3) is 0.211. The molecule has 3 aromatic rings. The first-order valence-corrected chi connectivity index (χ1v) is 8.46. The quantitative estimate of drug-likeness (QED) is 0.727. The lowest BCUT2D eigenvalue weighted by Crippen LogP contribution is -2.49. The number of rotatable bonds is 3. The van der Waals surface area contributed by atoms with Gasteiger partial charge in [0.2, 0.25) is 0 Å². The minimum Gasteiger partial charge on any atom is -0.353 e. The van der Waals surface area contributed by atoms with Crippen LogP contribution in [0.15, 0.2) is 61.2 Å². The van der Waals surface area contributed by atoms with Crippen LogP contribution >= 0.6 is 0 Å². The Morgan fingerprint density at radius 2 is 1.65 bits per heavy atom. The van der Waals surface area contributed by atoms with Crippen molar-refractivity contribution in [1.29, 1.82) is 0 Å². The van der Waals surface area contributed by atoms with E-state index in [1.165, 1.54) is 12.1 Å². The van der Waals surface area contributed by atoms with Crippen LogP contribution in [0.25, 0.3) is 5.82 Å². The minimum absolute atomic E-state index is 0.139. The first-order valence-electron chi connectivity index (χ1n) is 8.46. The number of anilines is 1. The predicted molar refractivity (Wildman–Crippen MR) is 95.9 cm³/mol. The van der Waals surface area contributed by atoms with Crippen LogP contribution in [-0.2, 0) is 0 Å². The Hall–Kier alpha value is -3.22. The van der Waals surface area contributed by atoms with Gasteiger partial charge in [0.25, 0.3) is 5.91 Å². The van der Waals surface area contributed by atoms with Gasteiger partial charge < -0.3 is 14.4 Å². The normalized spacial score (nSPS) is 14.5. The summed E-state index contributed by atoms with van der Waals surface area (Å²) in [5, 5.41) is 0. The highest BCUT2D eigenvalue weighted by atomic mass is 19.1. The summed E-state index contributed by atoms with van der Waals surface area (Å²) in [5.41, 5.74) is 0.385. The zero-order valence-electron chi connectivity index (χ0n) is 14.1. The summed E-state index contributed by atoms with van der Waals surface area (Å²) in [6, 6.07) is 11.6. The molecule has 26 heavy (non-hydrogen) atoms. The van der Waals surface area contributed by atoms with E-state index in [0.717, 1.165) is 11.6 Å². The first kappa shape index (κ1) is 16.3. The molecule has 1 amide bonds. The third-order valence-electron chi connectivity index (χ3n) is 4.47. The summed E-state index contributed by atoms with van der Waals surface area (Å²) in [7, 11) is 0. The summed E-state index contributed by atoms with van der Waals surface area (Å²) >= 11 is 0. The molecule has 0 saturated carbocycles. The molecule has 0 unspecified atom stereocenters. The lowest BCUT2D eigenvalue weighted by Gasteiger charge is -2.35. The highest BCUT2D eigenvalue weighted by molar-refractivity contribution is 5.94. The molecule has 1 fully saturated rings. The van der Waals surface area contributed by atoms with Gasteiger partial charge in [-0.15, -0.1) is 0 Å². The zero-order valence-corrected chi connectivity index (χ0v) is 14.1. The first-order chi connectivity index (χ1) is 12.7. The molecule has 4 rings (SSSR count). The lowest BCUT2D eigenvalue weighted by atomic mass is 10.1. The third kappa shape index (κ3) is 3.28. The van der Waals surface area contributed by atoms with E-state index < -0.39 is 5.82 Å². The Balaban J connectivity index is 1.44. The van der Waals surface area contributed by atoms with Crippen molar-refractivity contribution < 1.29 is 9.18 Å². The summed E-state index contributed by atoms with van der Waals surface area (Å²) < 4.78 is 15.3. The molecule has 0 radical (unpaired) electrons. The van der Waals surface area contributed by atoms with Crippen LogP contribution in [0.5, 0.6) is 0 Å². The maximum absolute atomic E-state index is 13.3. The van der Waals surface area contributed by atoms with Crippen LogP contribution in [0.1, 0.15) is 10.4 Å². The minimum atomic E-state index is -0.395. The van der Waals surface area contributed by atoms with E-state index >= 15 is 0 Å². The maximum atomic E-state index is 13.3. The number of nitrogens with zero attached hydrogens (tertiary/aromatic N) is 5. The molecule has 7 heteroatoms. The number of halogens is 1. The van der Waals surface area contributed by atoms with Crippen LogP contribution in [0.3, 0.4) is 0 Å². The smallest absolute Gasteiger partial charge is 0.254 e. The molecule has 0 N–H and O–H groups in total. The molecule has 1 aromatic carbocycles. The molecule has 3 heterocycles. The lowest BCUT2D eigenvalue weighted by molar-refractivity contribution is 0.0746. The summed E-state index contributed by atoms with van der Waals surface area (Å²) in [6.07, 6.45) is 5.42. The van der Waals surface area contributed by atoms with Gasteiger partial charge in [-0.25, -0.2) is 14.4 Å². The summed E-state index contributed by atoms with van der Waals surface area (Å²) in [6.45, 7) is 2.47. The molecule has 0 atom stereocenters. The van der Waals surface area contributed by atoms with Gasteiger partial charge in [-0.1, -0.05) is 6.07 Å². The fourth-order valence-electron chi connectivity index (χ4n) is 3.08. The van der Waals surface area contributed by atoms with E-state index in [1.807, 2.05) is 35.2 Å². The van der Waals surface area contributed by atoms with E-state index in [2.05, 4.69) is 14.9 Å². The molecule has 1 aliphatic heterocycles. The molecule has 132 valence electrons. The van der Waals surface area contributed by atoms with Crippen molar-refractivity contribution in [2.24, 2.45) is 0 Å². The maximum Gasteiger partial charge on any atom is 0.254 e. The topological polar surface area (TPSA) is 54.3 Å². The van der Waals surface area contributed by atoms with E-state index in [0.29, 0.717) is 31.7 Å². The second-order valence-electron chi connectivity index (χ2n) is 6.11. The zero-order chi connectivity index (χ0) is 17.9. The summed E-state index contributed by atoms with van der Waals surface area (Å²) in [5.74, 6) is 1.10. The highest BCUT2D eigenvalue weighted by Gasteiger charge is 2.23. The number of hydrogen-bond acceptors (Lipinski definition) is 4. The van der Waals surface area contributed by atoms with Gasteiger partial charge in [-0.3, -0.25) is 4.79 Å². The largest absolute Gasteiger partial charge is 0.353 e. The Labute approximate surface area is 150 Å².